The van der Waals surface area contributed by atoms with Crippen molar-refractivity contribution < 1.29 is 13.2 Å². The van der Waals surface area contributed by atoms with E-state index in [1.54, 1.807) is 0 Å². The van der Waals surface area contributed by atoms with Gasteiger partial charge in [0.15, 0.2) is 9.84 Å². The average molecular weight is 258 g/mol. The quantitative estimate of drug-likeness (QED) is 0.418. The van der Waals surface area contributed by atoms with Gasteiger partial charge in [-0.1, -0.05) is 6.92 Å². The first-order chi connectivity index (χ1) is 8.10. The second kappa shape index (κ2) is 5.01. The summed E-state index contributed by atoms with van der Waals surface area (Å²) in [6.45, 7) is 2.62. The molecule has 1 unspecified atom stereocenters. The van der Waals surface area contributed by atoms with Crippen molar-refractivity contribution in [2.75, 3.05) is 12.4 Å². The topological polar surface area (TPSA) is 43.4 Å². The number of hydrogen-bond donors (Lipinski definition) is 0. The lowest BCUT2D eigenvalue weighted by Gasteiger charge is -2.08. The molecule has 0 amide bonds. The zero-order chi connectivity index (χ0) is 12.4. The molecule has 3 nitrogen and oxygen atoms in total. The van der Waals surface area contributed by atoms with E-state index in [0.29, 0.717) is 12.4 Å². The van der Waals surface area contributed by atoms with Gasteiger partial charge in [0.05, 0.1) is 23.4 Å². The number of sulfone groups is 1. The molecule has 0 bridgehead atoms. The fourth-order valence-electron chi connectivity index (χ4n) is 2.64. The molecule has 4 heteroatoms. The van der Waals surface area contributed by atoms with Crippen LogP contribution in [0.4, 0.5) is 0 Å². The Morgan fingerprint density at radius 2 is 2.00 bits per heavy atom. The zero-order valence-electron chi connectivity index (χ0n) is 10.6. The van der Waals surface area contributed by atoms with E-state index in [4.69, 9.17) is 4.74 Å². The number of hydrogen-bond acceptors (Lipinski definition) is 3. The van der Waals surface area contributed by atoms with Crippen molar-refractivity contribution in [2.45, 2.75) is 56.6 Å². The Bertz CT molecular complexity index is 389. The number of ether oxygens (including phenoxy) is 1. The Balaban J connectivity index is 1.65. The molecule has 2 aliphatic rings. The molecule has 0 radical (unpaired) electrons. The third-order valence-corrected chi connectivity index (χ3v) is 6.60. The van der Waals surface area contributed by atoms with Gasteiger partial charge in [0.25, 0.3) is 0 Å². The highest BCUT2D eigenvalue weighted by Gasteiger charge is 2.58. The van der Waals surface area contributed by atoms with E-state index in [9.17, 15) is 8.42 Å². The zero-order valence-corrected chi connectivity index (χ0v) is 11.4. The van der Waals surface area contributed by atoms with Gasteiger partial charge in [-0.25, -0.2) is 8.42 Å². The van der Waals surface area contributed by atoms with Crippen LogP contribution in [0, 0.1) is 0 Å². The first kappa shape index (κ1) is 12.9. The van der Waals surface area contributed by atoms with Crippen molar-refractivity contribution in [3.05, 3.63) is 11.8 Å². The van der Waals surface area contributed by atoms with Crippen LogP contribution in [-0.4, -0.2) is 25.5 Å². The second-order valence-electron chi connectivity index (χ2n) is 5.25. The monoisotopic (exact) mass is 258 g/mol. The Morgan fingerprint density at radius 3 is 2.53 bits per heavy atom. The van der Waals surface area contributed by atoms with Crippen LogP contribution in [0.15, 0.2) is 11.8 Å². The van der Waals surface area contributed by atoms with E-state index in [0.717, 1.165) is 19.3 Å². The standard InChI is InChI=1S/C13H22O3S/c1-2-13(11-17(13,14)15)8-5-9-16-10-12-6-3-4-7-12/h10H,2-9,11H2,1H3. The van der Waals surface area contributed by atoms with Gasteiger partial charge in [-0.2, -0.15) is 0 Å². The van der Waals surface area contributed by atoms with Crippen LogP contribution in [0.3, 0.4) is 0 Å². The summed E-state index contributed by atoms with van der Waals surface area (Å²) < 4.78 is 28.0. The molecule has 0 aromatic heterocycles. The van der Waals surface area contributed by atoms with Gasteiger partial charge in [0, 0.05) is 0 Å². The molecule has 2 rings (SSSR count). The molecule has 1 aliphatic carbocycles. The normalized spacial score (nSPS) is 30.3. The molecule has 1 heterocycles. The molecule has 0 aromatic rings. The van der Waals surface area contributed by atoms with Gasteiger partial charge in [0.2, 0.25) is 0 Å². The second-order valence-corrected chi connectivity index (χ2v) is 7.64. The number of rotatable bonds is 6. The summed E-state index contributed by atoms with van der Waals surface area (Å²) in [6, 6.07) is 0. The SMILES string of the molecule is CCC1(CCCOC=C2CCCC2)CS1(=O)=O. The van der Waals surface area contributed by atoms with Crippen molar-refractivity contribution in [2.24, 2.45) is 0 Å². The van der Waals surface area contributed by atoms with Crippen LogP contribution in [0.2, 0.25) is 0 Å². The molecule has 1 saturated carbocycles. The molecular weight excluding hydrogens is 236 g/mol. The summed E-state index contributed by atoms with van der Waals surface area (Å²) in [7, 11) is -2.74. The average Bonchev–Trinajstić information content (AvgIpc) is 2.70. The number of allylic oxidation sites excluding steroid dienone is 1. The minimum Gasteiger partial charge on any atom is -0.501 e. The van der Waals surface area contributed by atoms with E-state index in [2.05, 4.69) is 0 Å². The fourth-order valence-corrected chi connectivity index (χ4v) is 4.81. The maximum atomic E-state index is 11.4. The minimum atomic E-state index is -2.74. The summed E-state index contributed by atoms with van der Waals surface area (Å²) in [5, 5.41) is 0. The van der Waals surface area contributed by atoms with Crippen LogP contribution in [0.1, 0.15) is 51.9 Å². The van der Waals surface area contributed by atoms with Crippen LogP contribution < -0.4 is 0 Å². The van der Waals surface area contributed by atoms with Gasteiger partial charge in [0.1, 0.15) is 0 Å². The lowest BCUT2D eigenvalue weighted by atomic mass is 10.0. The van der Waals surface area contributed by atoms with Gasteiger partial charge in [-0.3, -0.25) is 0 Å². The van der Waals surface area contributed by atoms with Crippen molar-refractivity contribution in [1.82, 2.24) is 0 Å². The van der Waals surface area contributed by atoms with Crippen molar-refractivity contribution in [1.29, 1.82) is 0 Å². The highest BCUT2D eigenvalue weighted by molar-refractivity contribution is 8.00. The van der Waals surface area contributed by atoms with Crippen molar-refractivity contribution in [3.8, 4) is 0 Å². The Kier molecular flexibility index (Phi) is 3.81. The van der Waals surface area contributed by atoms with E-state index >= 15 is 0 Å². The largest absolute Gasteiger partial charge is 0.501 e. The van der Waals surface area contributed by atoms with Crippen LogP contribution in [-0.2, 0) is 14.6 Å². The molecule has 2 fully saturated rings. The van der Waals surface area contributed by atoms with Gasteiger partial charge < -0.3 is 4.74 Å². The minimum absolute atomic E-state index is 0.386. The third kappa shape index (κ3) is 2.84. The van der Waals surface area contributed by atoms with E-state index < -0.39 is 14.6 Å². The Labute approximate surface area is 104 Å². The summed E-state index contributed by atoms with van der Waals surface area (Å²) >= 11 is 0. The predicted octanol–water partition coefficient (Wildman–Crippen LogP) is 2.82. The molecule has 1 aliphatic heterocycles. The van der Waals surface area contributed by atoms with Crippen molar-refractivity contribution in [3.63, 3.8) is 0 Å². The lowest BCUT2D eigenvalue weighted by Crippen LogP contribution is -2.12. The predicted molar refractivity (Wildman–Crippen MR) is 68.5 cm³/mol. The van der Waals surface area contributed by atoms with Gasteiger partial charge >= 0.3 is 0 Å². The van der Waals surface area contributed by atoms with E-state index in [1.807, 2.05) is 13.2 Å². The Morgan fingerprint density at radius 1 is 1.35 bits per heavy atom. The maximum Gasteiger partial charge on any atom is 0.158 e. The molecule has 0 N–H and O–H groups in total. The lowest BCUT2D eigenvalue weighted by molar-refractivity contribution is 0.235. The molecule has 0 spiro atoms. The Hall–Kier alpha value is -0.510. The first-order valence-corrected chi connectivity index (χ1v) is 8.27. The fraction of sp³-hybridized carbons (Fsp3) is 0.846. The van der Waals surface area contributed by atoms with E-state index in [1.165, 1.54) is 31.3 Å². The van der Waals surface area contributed by atoms with Crippen LogP contribution >= 0.6 is 0 Å². The summed E-state index contributed by atoms with van der Waals surface area (Å²) in [5.74, 6) is 0.386. The molecule has 98 valence electrons. The highest BCUT2D eigenvalue weighted by Crippen LogP contribution is 2.43. The summed E-state index contributed by atoms with van der Waals surface area (Å²) in [5.41, 5.74) is 1.41. The third-order valence-electron chi connectivity index (χ3n) is 4.06. The van der Waals surface area contributed by atoms with Crippen LogP contribution in [0.5, 0.6) is 0 Å². The highest BCUT2D eigenvalue weighted by atomic mass is 32.2. The van der Waals surface area contributed by atoms with Gasteiger partial charge in [-0.15, -0.1) is 0 Å². The van der Waals surface area contributed by atoms with Crippen molar-refractivity contribution >= 4 is 9.84 Å². The molecule has 1 atom stereocenters. The van der Waals surface area contributed by atoms with Crippen LogP contribution in [0.25, 0.3) is 0 Å². The van der Waals surface area contributed by atoms with Gasteiger partial charge in [-0.05, 0) is 50.5 Å². The molecular formula is C13H22O3S. The summed E-state index contributed by atoms with van der Waals surface area (Å²) in [4.78, 5) is 0. The first-order valence-electron chi connectivity index (χ1n) is 6.61. The molecule has 1 saturated heterocycles. The molecule has 0 aromatic carbocycles. The maximum absolute atomic E-state index is 11.4. The summed E-state index contributed by atoms with van der Waals surface area (Å²) in [6.07, 6.45) is 9.16. The smallest absolute Gasteiger partial charge is 0.158 e. The van der Waals surface area contributed by atoms with E-state index in [-0.39, 0.29) is 0 Å². The molecule has 17 heavy (non-hydrogen) atoms.